The molecule has 80 valence electrons. The highest BCUT2D eigenvalue weighted by molar-refractivity contribution is 5.49. The molecular formula is C11H13NO3. The minimum absolute atomic E-state index is 0.130. The van der Waals surface area contributed by atoms with Crippen molar-refractivity contribution < 1.29 is 9.66 Å². The Bertz CT molecular complexity index is 355. The van der Waals surface area contributed by atoms with Crippen molar-refractivity contribution in [2.75, 3.05) is 0 Å². The van der Waals surface area contributed by atoms with Gasteiger partial charge in [0, 0.05) is 6.08 Å². The van der Waals surface area contributed by atoms with Crippen LogP contribution in [0.1, 0.15) is 19.4 Å². The minimum atomic E-state index is -0.488. The topological polar surface area (TPSA) is 52.4 Å². The van der Waals surface area contributed by atoms with Crippen LogP contribution in [0, 0.1) is 10.1 Å². The highest BCUT2D eigenvalue weighted by Gasteiger charge is 1.96. The Labute approximate surface area is 88.3 Å². The van der Waals surface area contributed by atoms with Gasteiger partial charge in [0.1, 0.15) is 5.75 Å². The third-order valence-electron chi connectivity index (χ3n) is 1.64. The van der Waals surface area contributed by atoms with Gasteiger partial charge in [0.15, 0.2) is 0 Å². The average Bonchev–Trinajstić information content (AvgIpc) is 2.16. The average molecular weight is 207 g/mol. The van der Waals surface area contributed by atoms with Crippen LogP contribution in [-0.4, -0.2) is 11.0 Å². The molecule has 0 bridgehead atoms. The van der Waals surface area contributed by atoms with Crippen molar-refractivity contribution >= 4 is 6.08 Å². The normalized spacial score (nSPS) is 10.9. The number of benzene rings is 1. The van der Waals surface area contributed by atoms with Crippen LogP contribution >= 0.6 is 0 Å². The first kappa shape index (κ1) is 11.2. The van der Waals surface area contributed by atoms with Gasteiger partial charge in [-0.15, -0.1) is 0 Å². The molecule has 1 aromatic carbocycles. The monoisotopic (exact) mass is 207 g/mol. The van der Waals surface area contributed by atoms with E-state index in [1.54, 1.807) is 24.3 Å². The second-order valence-corrected chi connectivity index (χ2v) is 3.34. The molecule has 0 saturated heterocycles. The van der Waals surface area contributed by atoms with E-state index in [1.807, 2.05) is 13.8 Å². The molecule has 0 spiro atoms. The van der Waals surface area contributed by atoms with E-state index in [9.17, 15) is 10.1 Å². The van der Waals surface area contributed by atoms with Crippen molar-refractivity contribution in [3.63, 3.8) is 0 Å². The summed E-state index contributed by atoms with van der Waals surface area (Å²) in [7, 11) is 0. The third-order valence-corrected chi connectivity index (χ3v) is 1.64. The molecule has 4 heteroatoms. The summed E-state index contributed by atoms with van der Waals surface area (Å²) in [6, 6.07) is 7.13. The van der Waals surface area contributed by atoms with E-state index in [-0.39, 0.29) is 6.10 Å². The van der Waals surface area contributed by atoms with Crippen molar-refractivity contribution in [3.8, 4) is 5.75 Å². The molecule has 0 aromatic heterocycles. The Morgan fingerprint density at radius 1 is 1.33 bits per heavy atom. The largest absolute Gasteiger partial charge is 0.491 e. The molecule has 1 aromatic rings. The van der Waals surface area contributed by atoms with Gasteiger partial charge in [-0.1, -0.05) is 12.1 Å². The van der Waals surface area contributed by atoms with E-state index in [1.165, 1.54) is 6.08 Å². The quantitative estimate of drug-likeness (QED) is 0.563. The first-order valence-electron chi connectivity index (χ1n) is 4.66. The molecule has 0 atom stereocenters. The van der Waals surface area contributed by atoms with E-state index >= 15 is 0 Å². The van der Waals surface area contributed by atoms with Crippen LogP contribution in [0.5, 0.6) is 5.75 Å². The Balaban J connectivity index is 2.68. The lowest BCUT2D eigenvalue weighted by Crippen LogP contribution is -2.05. The van der Waals surface area contributed by atoms with Gasteiger partial charge in [-0.3, -0.25) is 10.1 Å². The fourth-order valence-corrected chi connectivity index (χ4v) is 1.08. The van der Waals surface area contributed by atoms with Gasteiger partial charge in [0.25, 0.3) is 0 Å². The van der Waals surface area contributed by atoms with Crippen LogP contribution in [-0.2, 0) is 0 Å². The number of rotatable bonds is 4. The highest BCUT2D eigenvalue weighted by Crippen LogP contribution is 2.14. The maximum atomic E-state index is 10.1. The standard InChI is InChI=1S/C11H13NO3/c1-9(2)15-11-5-3-10(4-6-11)7-8-12(13)14/h3-9H,1-2H3/b8-7-. The van der Waals surface area contributed by atoms with Crippen molar-refractivity contribution in [1.82, 2.24) is 0 Å². The summed E-state index contributed by atoms with van der Waals surface area (Å²) < 4.78 is 5.44. The third kappa shape index (κ3) is 4.26. The van der Waals surface area contributed by atoms with Crippen LogP contribution in [0.2, 0.25) is 0 Å². The Morgan fingerprint density at radius 2 is 1.93 bits per heavy atom. The maximum absolute atomic E-state index is 10.1. The van der Waals surface area contributed by atoms with Crippen molar-refractivity contribution in [2.24, 2.45) is 0 Å². The van der Waals surface area contributed by atoms with E-state index in [0.717, 1.165) is 17.5 Å². The van der Waals surface area contributed by atoms with Crippen LogP contribution in [0.25, 0.3) is 6.08 Å². The van der Waals surface area contributed by atoms with Gasteiger partial charge < -0.3 is 4.74 Å². The van der Waals surface area contributed by atoms with Crippen LogP contribution in [0.15, 0.2) is 30.5 Å². The Hall–Kier alpha value is -1.84. The molecule has 0 aliphatic carbocycles. The molecule has 1 rings (SSSR count). The summed E-state index contributed by atoms with van der Waals surface area (Å²) in [6.45, 7) is 3.89. The lowest BCUT2D eigenvalue weighted by Gasteiger charge is -2.08. The summed E-state index contributed by atoms with van der Waals surface area (Å²) in [5.41, 5.74) is 0.780. The molecule has 0 fully saturated rings. The SMILES string of the molecule is CC(C)Oc1ccc(/C=C\[N+](=O)[O-])cc1. The molecule has 0 N–H and O–H groups in total. The predicted molar refractivity (Wildman–Crippen MR) is 58.2 cm³/mol. The molecule has 0 radical (unpaired) electrons. The number of hydrogen-bond donors (Lipinski definition) is 0. The fourth-order valence-electron chi connectivity index (χ4n) is 1.08. The number of nitro groups is 1. The second kappa shape index (κ2) is 5.14. The second-order valence-electron chi connectivity index (χ2n) is 3.34. The van der Waals surface area contributed by atoms with Gasteiger partial charge in [-0.25, -0.2) is 0 Å². The van der Waals surface area contributed by atoms with Gasteiger partial charge in [0.2, 0.25) is 6.20 Å². The van der Waals surface area contributed by atoms with Crippen molar-refractivity contribution in [1.29, 1.82) is 0 Å². The predicted octanol–water partition coefficient (Wildman–Crippen LogP) is 2.72. The molecule has 0 unspecified atom stereocenters. The van der Waals surface area contributed by atoms with Gasteiger partial charge in [-0.2, -0.15) is 0 Å². The summed E-state index contributed by atoms with van der Waals surface area (Å²) in [5.74, 6) is 0.767. The van der Waals surface area contributed by atoms with E-state index in [2.05, 4.69) is 0 Å². The molecule has 0 aliphatic heterocycles. The van der Waals surface area contributed by atoms with Gasteiger partial charge >= 0.3 is 0 Å². The smallest absolute Gasteiger partial charge is 0.235 e. The summed E-state index contributed by atoms with van der Waals surface area (Å²) in [4.78, 5) is 9.59. The first-order chi connectivity index (χ1) is 7.08. The Morgan fingerprint density at radius 3 is 2.40 bits per heavy atom. The van der Waals surface area contributed by atoms with Gasteiger partial charge in [0.05, 0.1) is 11.0 Å². The van der Waals surface area contributed by atoms with Gasteiger partial charge in [-0.05, 0) is 31.5 Å². The molecule has 15 heavy (non-hydrogen) atoms. The number of nitrogens with zero attached hydrogens (tertiary/aromatic N) is 1. The molecule has 0 amide bonds. The maximum Gasteiger partial charge on any atom is 0.235 e. The zero-order valence-electron chi connectivity index (χ0n) is 8.71. The molecule has 0 heterocycles. The zero-order chi connectivity index (χ0) is 11.3. The number of ether oxygens (including phenoxy) is 1. The summed E-state index contributed by atoms with van der Waals surface area (Å²) in [6.07, 6.45) is 2.49. The van der Waals surface area contributed by atoms with E-state index in [0.29, 0.717) is 0 Å². The molecular weight excluding hydrogens is 194 g/mol. The van der Waals surface area contributed by atoms with Crippen LogP contribution < -0.4 is 4.74 Å². The van der Waals surface area contributed by atoms with Crippen LogP contribution in [0.4, 0.5) is 0 Å². The minimum Gasteiger partial charge on any atom is -0.491 e. The lowest BCUT2D eigenvalue weighted by molar-refractivity contribution is -0.400. The van der Waals surface area contributed by atoms with Crippen molar-refractivity contribution in [3.05, 3.63) is 46.1 Å². The lowest BCUT2D eigenvalue weighted by atomic mass is 10.2. The van der Waals surface area contributed by atoms with Crippen LogP contribution in [0.3, 0.4) is 0 Å². The highest BCUT2D eigenvalue weighted by atomic mass is 16.6. The zero-order valence-corrected chi connectivity index (χ0v) is 8.71. The molecule has 0 aliphatic rings. The van der Waals surface area contributed by atoms with Crippen molar-refractivity contribution in [2.45, 2.75) is 20.0 Å². The summed E-state index contributed by atoms with van der Waals surface area (Å²) in [5, 5.41) is 10.1. The summed E-state index contributed by atoms with van der Waals surface area (Å²) >= 11 is 0. The fraction of sp³-hybridized carbons (Fsp3) is 0.273. The molecule has 4 nitrogen and oxygen atoms in total. The number of hydrogen-bond acceptors (Lipinski definition) is 3. The van der Waals surface area contributed by atoms with E-state index in [4.69, 9.17) is 4.74 Å². The Kier molecular flexibility index (Phi) is 3.85. The first-order valence-corrected chi connectivity index (χ1v) is 4.66. The molecule has 0 saturated carbocycles. The van der Waals surface area contributed by atoms with E-state index < -0.39 is 4.92 Å².